The summed E-state index contributed by atoms with van der Waals surface area (Å²) in [5.41, 5.74) is 2.09. The molecule has 0 amide bonds. The number of ether oxygens (including phenoxy) is 1. The quantitative estimate of drug-likeness (QED) is 0.507. The van der Waals surface area contributed by atoms with Crippen LogP contribution in [0.5, 0.6) is 11.5 Å². The van der Waals surface area contributed by atoms with Gasteiger partial charge in [-0.05, 0) is 57.5 Å². The van der Waals surface area contributed by atoms with Gasteiger partial charge in [-0.15, -0.1) is 0 Å². The van der Waals surface area contributed by atoms with Crippen LogP contribution in [0.25, 0.3) is 0 Å². The standard InChI is InChI=1S/C23H32N4O2S/c1-29-20-7-6-19(22(28)15-20)17-27-12-4-5-18(16-27)21-8-9-24-23(25-21)30-14-13-26-10-2-3-11-26/h6-9,15,18,28H,2-5,10-14,16-17H2,1H3. The highest BCUT2D eigenvalue weighted by Crippen LogP contribution is 2.30. The number of aromatic hydroxyl groups is 1. The predicted molar refractivity (Wildman–Crippen MR) is 120 cm³/mol. The van der Waals surface area contributed by atoms with Gasteiger partial charge in [0.25, 0.3) is 0 Å². The van der Waals surface area contributed by atoms with Crippen molar-refractivity contribution in [2.45, 2.75) is 43.3 Å². The fourth-order valence-electron chi connectivity index (χ4n) is 4.41. The molecule has 0 aliphatic carbocycles. The second-order valence-electron chi connectivity index (χ2n) is 8.23. The molecule has 0 radical (unpaired) electrons. The molecular weight excluding hydrogens is 396 g/mol. The number of likely N-dealkylation sites (tertiary alicyclic amines) is 2. The monoisotopic (exact) mass is 428 g/mol. The number of phenols is 1. The molecule has 1 atom stereocenters. The van der Waals surface area contributed by atoms with Gasteiger partial charge in [0.05, 0.1) is 7.11 Å². The van der Waals surface area contributed by atoms with Crippen LogP contribution in [0.15, 0.2) is 35.6 Å². The van der Waals surface area contributed by atoms with Gasteiger partial charge in [0.1, 0.15) is 11.5 Å². The van der Waals surface area contributed by atoms with Crippen LogP contribution >= 0.6 is 11.8 Å². The highest BCUT2D eigenvalue weighted by Gasteiger charge is 2.23. The molecule has 6 nitrogen and oxygen atoms in total. The third-order valence-electron chi connectivity index (χ3n) is 6.10. The Bertz CT molecular complexity index is 829. The lowest BCUT2D eigenvalue weighted by Crippen LogP contribution is -2.34. The van der Waals surface area contributed by atoms with Gasteiger partial charge in [-0.25, -0.2) is 9.97 Å². The average Bonchev–Trinajstić information content (AvgIpc) is 3.29. The van der Waals surface area contributed by atoms with Crippen LogP contribution in [-0.4, -0.2) is 70.5 Å². The van der Waals surface area contributed by atoms with Gasteiger partial charge in [0.2, 0.25) is 0 Å². The summed E-state index contributed by atoms with van der Waals surface area (Å²) in [5, 5.41) is 11.2. The van der Waals surface area contributed by atoms with Crippen molar-refractivity contribution >= 4 is 11.8 Å². The van der Waals surface area contributed by atoms with E-state index in [1.54, 1.807) is 24.9 Å². The van der Waals surface area contributed by atoms with Crippen LogP contribution in [0.4, 0.5) is 0 Å². The first-order valence-corrected chi connectivity index (χ1v) is 12.0. The van der Waals surface area contributed by atoms with Crippen LogP contribution in [0, 0.1) is 0 Å². The fourth-order valence-corrected chi connectivity index (χ4v) is 5.25. The summed E-state index contributed by atoms with van der Waals surface area (Å²) in [6, 6.07) is 7.63. The first-order valence-electron chi connectivity index (χ1n) is 11.0. The molecule has 30 heavy (non-hydrogen) atoms. The van der Waals surface area contributed by atoms with E-state index in [1.807, 2.05) is 18.3 Å². The van der Waals surface area contributed by atoms with Crippen molar-refractivity contribution in [3.63, 3.8) is 0 Å². The largest absolute Gasteiger partial charge is 0.507 e. The van der Waals surface area contributed by atoms with Gasteiger partial charge in [-0.2, -0.15) is 0 Å². The number of benzene rings is 1. The molecular formula is C23H32N4O2S. The Morgan fingerprint density at radius 1 is 1.13 bits per heavy atom. The molecule has 1 aromatic carbocycles. The molecule has 2 aliphatic rings. The van der Waals surface area contributed by atoms with E-state index in [1.165, 1.54) is 25.9 Å². The van der Waals surface area contributed by atoms with E-state index in [4.69, 9.17) is 9.72 Å². The third-order valence-corrected chi connectivity index (χ3v) is 6.94. The Morgan fingerprint density at radius 3 is 2.77 bits per heavy atom. The summed E-state index contributed by atoms with van der Waals surface area (Å²) >= 11 is 1.77. The fraction of sp³-hybridized carbons (Fsp3) is 0.565. The molecule has 2 aromatic rings. The van der Waals surface area contributed by atoms with E-state index >= 15 is 0 Å². The number of hydrogen-bond donors (Lipinski definition) is 1. The van der Waals surface area contributed by atoms with Crippen LogP contribution in [-0.2, 0) is 6.54 Å². The lowest BCUT2D eigenvalue weighted by atomic mass is 9.94. The van der Waals surface area contributed by atoms with E-state index in [-0.39, 0.29) is 0 Å². The zero-order valence-corrected chi connectivity index (χ0v) is 18.6. The maximum atomic E-state index is 10.3. The average molecular weight is 429 g/mol. The summed E-state index contributed by atoms with van der Waals surface area (Å²) in [6.07, 6.45) is 6.88. The Hall–Kier alpha value is -1.83. The number of phenolic OH excluding ortho intramolecular Hbond substituents is 1. The van der Waals surface area contributed by atoms with Gasteiger partial charge in [0, 0.05) is 54.8 Å². The number of piperidine rings is 1. The second-order valence-corrected chi connectivity index (χ2v) is 9.29. The molecule has 3 heterocycles. The number of thioether (sulfide) groups is 1. The van der Waals surface area contributed by atoms with Crippen LogP contribution in [0.3, 0.4) is 0 Å². The first kappa shape index (κ1) is 21.4. The van der Waals surface area contributed by atoms with Crippen molar-refractivity contribution in [3.8, 4) is 11.5 Å². The molecule has 2 aliphatic heterocycles. The summed E-state index contributed by atoms with van der Waals surface area (Å²) in [5.74, 6) is 2.45. The Morgan fingerprint density at radius 2 is 1.97 bits per heavy atom. The highest BCUT2D eigenvalue weighted by atomic mass is 32.2. The Balaban J connectivity index is 1.33. The second kappa shape index (κ2) is 10.5. The smallest absolute Gasteiger partial charge is 0.187 e. The van der Waals surface area contributed by atoms with Crippen molar-refractivity contribution in [1.29, 1.82) is 0 Å². The van der Waals surface area contributed by atoms with E-state index in [2.05, 4.69) is 20.9 Å². The summed E-state index contributed by atoms with van der Waals surface area (Å²) in [6.45, 7) is 6.35. The molecule has 0 spiro atoms. The van der Waals surface area contributed by atoms with E-state index in [9.17, 15) is 5.11 Å². The van der Waals surface area contributed by atoms with Gasteiger partial charge in [0.15, 0.2) is 5.16 Å². The molecule has 2 fully saturated rings. The van der Waals surface area contributed by atoms with Gasteiger partial charge in [-0.3, -0.25) is 4.90 Å². The molecule has 1 N–H and O–H groups in total. The van der Waals surface area contributed by atoms with Gasteiger partial charge >= 0.3 is 0 Å². The van der Waals surface area contributed by atoms with E-state index in [0.29, 0.717) is 17.4 Å². The number of hydrogen-bond acceptors (Lipinski definition) is 7. The predicted octanol–water partition coefficient (Wildman–Crippen LogP) is 3.76. The van der Waals surface area contributed by atoms with E-state index in [0.717, 1.165) is 61.2 Å². The Labute approximate surface area is 183 Å². The number of methoxy groups -OCH3 is 1. The Kier molecular flexibility index (Phi) is 7.47. The molecule has 4 rings (SSSR count). The number of aromatic nitrogens is 2. The van der Waals surface area contributed by atoms with Gasteiger partial charge in [-0.1, -0.05) is 17.8 Å². The van der Waals surface area contributed by atoms with Gasteiger partial charge < -0.3 is 14.7 Å². The zero-order chi connectivity index (χ0) is 20.8. The minimum Gasteiger partial charge on any atom is -0.507 e. The minimum absolute atomic E-state index is 0.301. The van der Waals surface area contributed by atoms with Crippen molar-refractivity contribution in [2.24, 2.45) is 0 Å². The molecule has 0 bridgehead atoms. The molecule has 1 aromatic heterocycles. The highest BCUT2D eigenvalue weighted by molar-refractivity contribution is 7.99. The van der Waals surface area contributed by atoms with E-state index < -0.39 is 0 Å². The summed E-state index contributed by atoms with van der Waals surface area (Å²) in [4.78, 5) is 14.3. The lowest BCUT2D eigenvalue weighted by molar-refractivity contribution is 0.196. The third kappa shape index (κ3) is 5.65. The van der Waals surface area contributed by atoms with Crippen LogP contribution in [0.1, 0.15) is 42.9 Å². The van der Waals surface area contributed by atoms with Crippen molar-refractivity contribution in [2.75, 3.05) is 45.6 Å². The normalized spacial score (nSPS) is 20.5. The zero-order valence-electron chi connectivity index (χ0n) is 17.8. The maximum absolute atomic E-state index is 10.3. The molecule has 0 saturated carbocycles. The topological polar surface area (TPSA) is 61.7 Å². The SMILES string of the molecule is COc1ccc(CN2CCCC(c3ccnc(SCCN4CCCC4)n3)C2)c(O)c1. The first-order chi connectivity index (χ1) is 14.7. The lowest BCUT2D eigenvalue weighted by Gasteiger charge is -2.32. The van der Waals surface area contributed by atoms with Crippen LogP contribution < -0.4 is 4.74 Å². The number of nitrogens with zero attached hydrogens (tertiary/aromatic N) is 4. The molecule has 7 heteroatoms. The molecule has 162 valence electrons. The van der Waals surface area contributed by atoms with Crippen molar-refractivity contribution < 1.29 is 9.84 Å². The van der Waals surface area contributed by atoms with Crippen molar-refractivity contribution in [3.05, 3.63) is 41.7 Å². The minimum atomic E-state index is 0.301. The summed E-state index contributed by atoms with van der Waals surface area (Å²) < 4.78 is 5.19. The maximum Gasteiger partial charge on any atom is 0.187 e. The van der Waals surface area contributed by atoms with Crippen LogP contribution in [0.2, 0.25) is 0 Å². The summed E-state index contributed by atoms with van der Waals surface area (Å²) in [7, 11) is 1.62. The number of rotatable bonds is 8. The van der Waals surface area contributed by atoms with Crippen molar-refractivity contribution in [1.82, 2.24) is 19.8 Å². The molecule has 1 unspecified atom stereocenters. The molecule has 2 saturated heterocycles.